The molecular weight excluding hydrogens is 306 g/mol. The van der Waals surface area contributed by atoms with Gasteiger partial charge in [0.2, 0.25) is 5.91 Å². The minimum atomic E-state index is -0.836. The second kappa shape index (κ2) is 5.33. The molecule has 2 aliphatic carbocycles. The molecule has 3 aliphatic rings. The van der Waals surface area contributed by atoms with E-state index in [0.29, 0.717) is 0 Å². The fourth-order valence-electron chi connectivity index (χ4n) is 3.89. The zero-order valence-electron chi connectivity index (χ0n) is 13.7. The number of benzene rings is 1. The van der Waals surface area contributed by atoms with E-state index in [1.54, 1.807) is 6.92 Å². The third-order valence-electron chi connectivity index (χ3n) is 5.46. The number of fused-ring (bicyclic) bond motifs is 1. The Labute approximate surface area is 140 Å². The molecule has 0 spiro atoms. The third-order valence-corrected chi connectivity index (χ3v) is 5.46. The molecule has 0 aromatic heterocycles. The highest BCUT2D eigenvalue weighted by molar-refractivity contribution is 6.09. The van der Waals surface area contributed by atoms with Gasteiger partial charge in [0.25, 0.3) is 5.91 Å². The molecule has 6 heteroatoms. The van der Waals surface area contributed by atoms with Crippen LogP contribution in [-0.4, -0.2) is 34.8 Å². The van der Waals surface area contributed by atoms with E-state index in [1.807, 2.05) is 18.2 Å². The van der Waals surface area contributed by atoms with Gasteiger partial charge >= 0.3 is 6.03 Å². The summed E-state index contributed by atoms with van der Waals surface area (Å²) in [4.78, 5) is 38.1. The van der Waals surface area contributed by atoms with Gasteiger partial charge in [-0.2, -0.15) is 0 Å². The van der Waals surface area contributed by atoms with Gasteiger partial charge in [-0.3, -0.25) is 14.5 Å². The summed E-state index contributed by atoms with van der Waals surface area (Å²) < 4.78 is 0. The number of hydrogen-bond acceptors (Lipinski definition) is 3. The highest BCUT2D eigenvalue weighted by Crippen LogP contribution is 2.42. The second-order valence-electron chi connectivity index (χ2n) is 7.16. The van der Waals surface area contributed by atoms with Gasteiger partial charge in [0.1, 0.15) is 12.1 Å². The van der Waals surface area contributed by atoms with Crippen LogP contribution >= 0.6 is 0 Å². The van der Waals surface area contributed by atoms with Gasteiger partial charge < -0.3 is 10.6 Å². The van der Waals surface area contributed by atoms with Crippen LogP contribution in [0.25, 0.3) is 0 Å². The number of urea groups is 1. The lowest BCUT2D eigenvalue weighted by atomic mass is 9.96. The third kappa shape index (κ3) is 2.37. The van der Waals surface area contributed by atoms with Crippen molar-refractivity contribution in [2.24, 2.45) is 5.92 Å². The lowest BCUT2D eigenvalue weighted by molar-refractivity contribution is -0.135. The van der Waals surface area contributed by atoms with E-state index < -0.39 is 11.6 Å². The predicted octanol–water partition coefficient (Wildman–Crippen LogP) is 1.51. The average Bonchev–Trinajstić information content (AvgIpc) is 3.31. The van der Waals surface area contributed by atoms with E-state index in [1.165, 1.54) is 5.56 Å². The smallest absolute Gasteiger partial charge is 0.325 e. The topological polar surface area (TPSA) is 78.5 Å². The second-order valence-corrected chi connectivity index (χ2v) is 7.16. The molecule has 2 fully saturated rings. The zero-order valence-corrected chi connectivity index (χ0v) is 13.7. The van der Waals surface area contributed by atoms with Crippen molar-refractivity contribution in [1.29, 1.82) is 0 Å². The standard InChI is InChI=1S/C18H21N3O3/c1-18(12-7-8-12)16(23)21(17(24)20-18)10-15(22)19-14-9-6-11-4-2-3-5-13(11)14/h2-5,12,14H,6-10H2,1H3,(H,19,22)(H,20,24)/t14-,18+/m0/s1. The molecule has 1 aliphatic heterocycles. The molecule has 24 heavy (non-hydrogen) atoms. The first-order valence-corrected chi connectivity index (χ1v) is 8.50. The number of rotatable bonds is 4. The number of aryl methyl sites for hydroxylation is 1. The Balaban J connectivity index is 1.42. The summed E-state index contributed by atoms with van der Waals surface area (Å²) in [5.74, 6) is -0.374. The molecule has 126 valence electrons. The molecule has 1 saturated heterocycles. The van der Waals surface area contributed by atoms with Crippen molar-refractivity contribution in [2.75, 3.05) is 6.54 Å². The molecule has 4 amide bonds. The van der Waals surface area contributed by atoms with Gasteiger partial charge in [0.15, 0.2) is 0 Å². The maximum atomic E-state index is 12.6. The molecule has 0 bridgehead atoms. The minimum absolute atomic E-state index is 0.0377. The van der Waals surface area contributed by atoms with Crippen molar-refractivity contribution in [2.45, 2.75) is 44.2 Å². The first-order chi connectivity index (χ1) is 11.5. The molecule has 2 N–H and O–H groups in total. The summed E-state index contributed by atoms with van der Waals surface area (Å²) in [6.45, 7) is 1.54. The van der Waals surface area contributed by atoms with E-state index in [9.17, 15) is 14.4 Å². The Bertz CT molecular complexity index is 728. The van der Waals surface area contributed by atoms with Crippen LogP contribution in [0.3, 0.4) is 0 Å². The first-order valence-electron chi connectivity index (χ1n) is 8.50. The number of nitrogens with one attached hydrogen (secondary N) is 2. The minimum Gasteiger partial charge on any atom is -0.348 e. The van der Waals surface area contributed by atoms with Crippen LogP contribution in [-0.2, 0) is 16.0 Å². The molecule has 1 saturated carbocycles. The van der Waals surface area contributed by atoms with Gasteiger partial charge in [-0.25, -0.2) is 4.79 Å². The van der Waals surface area contributed by atoms with Crippen molar-refractivity contribution in [1.82, 2.24) is 15.5 Å². The highest BCUT2D eigenvalue weighted by Gasteiger charge is 2.56. The van der Waals surface area contributed by atoms with Crippen molar-refractivity contribution >= 4 is 17.8 Å². The lowest BCUT2D eigenvalue weighted by Gasteiger charge is -2.21. The van der Waals surface area contributed by atoms with E-state index in [0.717, 1.165) is 36.1 Å². The van der Waals surface area contributed by atoms with Crippen molar-refractivity contribution in [3.8, 4) is 0 Å². The summed E-state index contributed by atoms with van der Waals surface area (Å²) in [6, 6.07) is 7.54. The van der Waals surface area contributed by atoms with Crippen LogP contribution in [0.5, 0.6) is 0 Å². The van der Waals surface area contributed by atoms with E-state index in [2.05, 4.69) is 16.7 Å². The maximum absolute atomic E-state index is 12.6. The SMILES string of the molecule is C[C@]1(C2CC2)NC(=O)N(CC(=O)N[C@H]2CCc3ccccc32)C1=O. The fourth-order valence-corrected chi connectivity index (χ4v) is 3.89. The molecule has 1 aromatic carbocycles. The van der Waals surface area contributed by atoms with Crippen LogP contribution in [0.2, 0.25) is 0 Å². The number of nitrogens with zero attached hydrogens (tertiary/aromatic N) is 1. The molecule has 0 radical (unpaired) electrons. The largest absolute Gasteiger partial charge is 0.348 e. The van der Waals surface area contributed by atoms with Crippen LogP contribution < -0.4 is 10.6 Å². The van der Waals surface area contributed by atoms with Crippen LogP contribution in [0.1, 0.15) is 43.4 Å². The lowest BCUT2D eigenvalue weighted by Crippen LogP contribution is -2.47. The van der Waals surface area contributed by atoms with Crippen molar-refractivity contribution in [3.05, 3.63) is 35.4 Å². The number of hydrogen-bond donors (Lipinski definition) is 2. The maximum Gasteiger partial charge on any atom is 0.325 e. The molecule has 2 atom stereocenters. The van der Waals surface area contributed by atoms with Gasteiger partial charge in [0.05, 0.1) is 6.04 Å². The number of imide groups is 1. The monoisotopic (exact) mass is 327 g/mol. The normalized spacial score (nSPS) is 28.7. The molecule has 1 aromatic rings. The summed E-state index contributed by atoms with van der Waals surface area (Å²) in [5, 5.41) is 5.73. The zero-order chi connectivity index (χ0) is 16.9. The van der Waals surface area contributed by atoms with Gasteiger partial charge in [-0.1, -0.05) is 24.3 Å². The summed E-state index contributed by atoms with van der Waals surface area (Å²) in [7, 11) is 0. The predicted molar refractivity (Wildman–Crippen MR) is 87.0 cm³/mol. The summed E-state index contributed by atoms with van der Waals surface area (Å²) in [6.07, 6.45) is 3.68. The highest BCUT2D eigenvalue weighted by atomic mass is 16.2. The van der Waals surface area contributed by atoms with E-state index >= 15 is 0 Å². The number of carbonyl (C=O) groups is 3. The van der Waals surface area contributed by atoms with E-state index in [-0.39, 0.29) is 30.3 Å². The Morgan fingerprint density at radius 1 is 1.29 bits per heavy atom. The number of carbonyl (C=O) groups excluding carboxylic acids is 3. The molecule has 1 heterocycles. The number of amides is 4. The van der Waals surface area contributed by atoms with Crippen LogP contribution in [0.4, 0.5) is 4.79 Å². The Morgan fingerprint density at radius 2 is 2.04 bits per heavy atom. The Hall–Kier alpha value is -2.37. The van der Waals surface area contributed by atoms with Gasteiger partial charge in [0, 0.05) is 0 Å². The quantitative estimate of drug-likeness (QED) is 0.823. The summed E-state index contributed by atoms with van der Waals surface area (Å²) >= 11 is 0. The van der Waals surface area contributed by atoms with Crippen LogP contribution in [0.15, 0.2) is 24.3 Å². The van der Waals surface area contributed by atoms with E-state index in [4.69, 9.17) is 0 Å². The first kappa shape index (κ1) is 15.2. The fraction of sp³-hybridized carbons (Fsp3) is 0.500. The van der Waals surface area contributed by atoms with Gasteiger partial charge in [-0.05, 0) is 49.7 Å². The Kier molecular flexibility index (Phi) is 3.37. The molecule has 0 unspecified atom stereocenters. The molecule has 6 nitrogen and oxygen atoms in total. The van der Waals surface area contributed by atoms with Crippen molar-refractivity contribution in [3.63, 3.8) is 0 Å². The summed E-state index contributed by atoms with van der Waals surface area (Å²) in [5.41, 5.74) is 1.54. The Morgan fingerprint density at radius 3 is 2.79 bits per heavy atom. The van der Waals surface area contributed by atoms with Crippen molar-refractivity contribution < 1.29 is 14.4 Å². The van der Waals surface area contributed by atoms with Crippen LogP contribution in [0, 0.1) is 5.92 Å². The molecule has 4 rings (SSSR count). The average molecular weight is 327 g/mol. The van der Waals surface area contributed by atoms with Gasteiger partial charge in [-0.15, -0.1) is 0 Å². The molecular formula is C18H21N3O3.